The number of carbonyl (C=O) groups excluding carboxylic acids is 2. The van der Waals surface area contributed by atoms with Crippen LogP contribution in [0.4, 0.5) is 11.4 Å². The number of nitrogens with zero attached hydrogens (tertiary/aromatic N) is 1. The van der Waals surface area contributed by atoms with E-state index >= 15 is 0 Å². The van der Waals surface area contributed by atoms with Crippen LogP contribution in [0.1, 0.15) is 18.9 Å². The standard InChI is InChI=1S/C18H18Cl2N2O2/c1-3-22(13-7-4-6-12(2)10-13)17(24)11-16(23)21-15-9-5-8-14(19)18(15)20/h4-10H,3,11H2,1-2H3,(H,21,23). The summed E-state index contributed by atoms with van der Waals surface area (Å²) in [6, 6.07) is 12.5. The molecule has 6 heteroatoms. The molecule has 4 nitrogen and oxygen atoms in total. The Bertz CT molecular complexity index is 762. The van der Waals surface area contributed by atoms with Gasteiger partial charge >= 0.3 is 0 Å². The second-order valence-electron chi connectivity index (χ2n) is 5.30. The summed E-state index contributed by atoms with van der Waals surface area (Å²) in [5, 5.41) is 3.22. The molecule has 0 bridgehead atoms. The number of carbonyl (C=O) groups is 2. The fraction of sp³-hybridized carbons (Fsp3) is 0.222. The highest BCUT2D eigenvalue weighted by Crippen LogP contribution is 2.29. The number of hydrogen-bond donors (Lipinski definition) is 1. The SMILES string of the molecule is CCN(C(=O)CC(=O)Nc1cccc(Cl)c1Cl)c1cccc(C)c1. The smallest absolute Gasteiger partial charge is 0.236 e. The maximum atomic E-state index is 12.4. The van der Waals surface area contributed by atoms with Gasteiger partial charge in [0.05, 0.1) is 15.7 Å². The summed E-state index contributed by atoms with van der Waals surface area (Å²) >= 11 is 11.9. The molecule has 2 aromatic carbocycles. The van der Waals surface area contributed by atoms with Crippen molar-refractivity contribution < 1.29 is 9.59 Å². The van der Waals surface area contributed by atoms with Crippen molar-refractivity contribution >= 4 is 46.4 Å². The van der Waals surface area contributed by atoms with Gasteiger partial charge in [0.25, 0.3) is 0 Å². The molecule has 24 heavy (non-hydrogen) atoms. The molecule has 0 spiro atoms. The average molecular weight is 365 g/mol. The fourth-order valence-corrected chi connectivity index (χ4v) is 2.67. The Kier molecular flexibility index (Phi) is 6.23. The second-order valence-corrected chi connectivity index (χ2v) is 6.09. The predicted octanol–water partition coefficient (Wildman–Crippen LogP) is 4.68. The number of amides is 2. The molecular formula is C18H18Cl2N2O2. The van der Waals surface area contributed by atoms with Crippen LogP contribution in [0.25, 0.3) is 0 Å². The molecule has 0 aliphatic carbocycles. The quantitative estimate of drug-likeness (QED) is 0.782. The number of aryl methyl sites for hydroxylation is 1. The van der Waals surface area contributed by atoms with Gasteiger partial charge in [0, 0.05) is 12.2 Å². The van der Waals surface area contributed by atoms with E-state index in [9.17, 15) is 9.59 Å². The van der Waals surface area contributed by atoms with Crippen molar-refractivity contribution in [3.8, 4) is 0 Å². The third-order valence-electron chi connectivity index (χ3n) is 3.47. The van der Waals surface area contributed by atoms with Crippen LogP contribution in [-0.4, -0.2) is 18.4 Å². The topological polar surface area (TPSA) is 49.4 Å². The van der Waals surface area contributed by atoms with Crippen molar-refractivity contribution in [2.24, 2.45) is 0 Å². The van der Waals surface area contributed by atoms with E-state index in [0.717, 1.165) is 11.3 Å². The highest BCUT2D eigenvalue weighted by Gasteiger charge is 2.18. The van der Waals surface area contributed by atoms with Crippen molar-refractivity contribution in [3.63, 3.8) is 0 Å². The van der Waals surface area contributed by atoms with Gasteiger partial charge in [0.1, 0.15) is 6.42 Å². The first-order valence-corrected chi connectivity index (χ1v) is 8.29. The lowest BCUT2D eigenvalue weighted by Gasteiger charge is -2.21. The number of hydrogen-bond acceptors (Lipinski definition) is 2. The van der Waals surface area contributed by atoms with E-state index in [4.69, 9.17) is 23.2 Å². The van der Waals surface area contributed by atoms with Gasteiger partial charge in [-0.3, -0.25) is 9.59 Å². The zero-order chi connectivity index (χ0) is 17.7. The van der Waals surface area contributed by atoms with Crippen LogP contribution < -0.4 is 10.2 Å². The molecule has 2 rings (SSSR count). The van der Waals surface area contributed by atoms with Crippen molar-refractivity contribution in [3.05, 3.63) is 58.1 Å². The minimum atomic E-state index is -0.435. The number of nitrogens with one attached hydrogen (secondary N) is 1. The van der Waals surface area contributed by atoms with E-state index in [2.05, 4.69) is 5.32 Å². The van der Waals surface area contributed by atoms with Crippen LogP contribution in [0, 0.1) is 6.92 Å². The van der Waals surface area contributed by atoms with E-state index < -0.39 is 5.91 Å². The molecule has 0 aromatic heterocycles. The summed E-state index contributed by atoms with van der Waals surface area (Å²) in [7, 11) is 0. The number of halogens is 2. The molecule has 0 atom stereocenters. The maximum absolute atomic E-state index is 12.4. The molecule has 2 amide bonds. The van der Waals surface area contributed by atoms with Crippen LogP contribution in [0.5, 0.6) is 0 Å². The van der Waals surface area contributed by atoms with Crippen LogP contribution in [0.3, 0.4) is 0 Å². The summed E-state index contributed by atoms with van der Waals surface area (Å²) in [4.78, 5) is 26.2. The van der Waals surface area contributed by atoms with Gasteiger partial charge in [-0.2, -0.15) is 0 Å². The van der Waals surface area contributed by atoms with E-state index in [-0.39, 0.29) is 17.4 Å². The van der Waals surface area contributed by atoms with Gasteiger partial charge < -0.3 is 10.2 Å². The van der Waals surface area contributed by atoms with Crippen molar-refractivity contribution in [1.82, 2.24) is 0 Å². The van der Waals surface area contributed by atoms with E-state index in [1.165, 1.54) is 0 Å². The van der Waals surface area contributed by atoms with Gasteiger partial charge in [-0.15, -0.1) is 0 Å². The normalized spacial score (nSPS) is 10.3. The van der Waals surface area contributed by atoms with Crippen LogP contribution >= 0.6 is 23.2 Å². The molecule has 126 valence electrons. The minimum absolute atomic E-state index is 0.256. The first kappa shape index (κ1) is 18.3. The Morgan fingerprint density at radius 2 is 1.83 bits per heavy atom. The molecule has 0 aliphatic rings. The van der Waals surface area contributed by atoms with Crippen molar-refractivity contribution in [2.75, 3.05) is 16.8 Å². The van der Waals surface area contributed by atoms with Gasteiger partial charge in [0.15, 0.2) is 0 Å². The Balaban J connectivity index is 2.07. The molecular weight excluding hydrogens is 347 g/mol. The van der Waals surface area contributed by atoms with Gasteiger partial charge in [0.2, 0.25) is 11.8 Å². The lowest BCUT2D eigenvalue weighted by molar-refractivity contribution is -0.125. The Hall–Kier alpha value is -2.04. The summed E-state index contributed by atoms with van der Waals surface area (Å²) in [6.07, 6.45) is -0.273. The van der Waals surface area contributed by atoms with Crippen LogP contribution in [-0.2, 0) is 9.59 Å². The number of rotatable bonds is 5. The lowest BCUT2D eigenvalue weighted by Crippen LogP contribution is -2.33. The van der Waals surface area contributed by atoms with Crippen LogP contribution in [0.2, 0.25) is 10.0 Å². The van der Waals surface area contributed by atoms with Gasteiger partial charge in [-0.25, -0.2) is 0 Å². The summed E-state index contributed by atoms with van der Waals surface area (Å²) in [6.45, 7) is 4.30. The summed E-state index contributed by atoms with van der Waals surface area (Å²) in [5.74, 6) is -0.714. The fourth-order valence-electron chi connectivity index (χ4n) is 2.33. The Labute approximate surface area is 151 Å². The highest BCUT2D eigenvalue weighted by atomic mass is 35.5. The van der Waals surface area contributed by atoms with Crippen LogP contribution in [0.15, 0.2) is 42.5 Å². The zero-order valence-electron chi connectivity index (χ0n) is 13.5. The molecule has 0 aliphatic heterocycles. The third-order valence-corrected chi connectivity index (χ3v) is 4.29. The molecule has 0 radical (unpaired) electrons. The predicted molar refractivity (Wildman–Crippen MR) is 98.9 cm³/mol. The molecule has 0 unspecified atom stereocenters. The Morgan fingerprint density at radius 3 is 2.50 bits per heavy atom. The first-order chi connectivity index (χ1) is 11.4. The second kappa shape index (κ2) is 8.18. The van der Waals surface area contributed by atoms with Gasteiger partial charge in [-0.1, -0.05) is 41.4 Å². The van der Waals surface area contributed by atoms with E-state index in [0.29, 0.717) is 17.3 Å². The number of anilines is 2. The van der Waals surface area contributed by atoms with E-state index in [1.807, 2.05) is 38.1 Å². The Morgan fingerprint density at radius 1 is 1.12 bits per heavy atom. The first-order valence-electron chi connectivity index (χ1n) is 7.53. The third kappa shape index (κ3) is 4.49. The molecule has 0 saturated heterocycles. The molecule has 2 aromatic rings. The molecule has 0 saturated carbocycles. The lowest BCUT2D eigenvalue weighted by atomic mass is 10.2. The highest BCUT2D eigenvalue weighted by molar-refractivity contribution is 6.44. The monoisotopic (exact) mass is 364 g/mol. The molecule has 0 heterocycles. The molecule has 0 fully saturated rings. The minimum Gasteiger partial charge on any atom is -0.324 e. The molecule has 1 N–H and O–H groups in total. The van der Waals surface area contributed by atoms with Crippen molar-refractivity contribution in [2.45, 2.75) is 20.3 Å². The zero-order valence-corrected chi connectivity index (χ0v) is 15.0. The van der Waals surface area contributed by atoms with Crippen molar-refractivity contribution in [1.29, 1.82) is 0 Å². The summed E-state index contributed by atoms with van der Waals surface area (Å²) < 4.78 is 0. The van der Waals surface area contributed by atoms with Gasteiger partial charge in [-0.05, 0) is 43.7 Å². The number of benzene rings is 2. The maximum Gasteiger partial charge on any atom is 0.236 e. The summed E-state index contributed by atoms with van der Waals surface area (Å²) in [5.41, 5.74) is 2.21. The largest absolute Gasteiger partial charge is 0.324 e. The van der Waals surface area contributed by atoms with E-state index in [1.54, 1.807) is 23.1 Å². The average Bonchev–Trinajstić information content (AvgIpc) is 2.52.